The van der Waals surface area contributed by atoms with Crippen molar-refractivity contribution in [1.29, 1.82) is 0 Å². The van der Waals surface area contributed by atoms with Gasteiger partial charge in [0.2, 0.25) is 5.91 Å². The number of nitrogens with zero attached hydrogens (tertiary/aromatic N) is 3. The molecule has 2 atom stereocenters. The fraction of sp³-hybridized carbons (Fsp3) is 0.500. The molecule has 3 aliphatic rings. The van der Waals surface area contributed by atoms with Gasteiger partial charge in [0.15, 0.2) is 0 Å². The normalized spacial score (nSPS) is 25.3. The first kappa shape index (κ1) is 20.7. The molecule has 0 bridgehead atoms. The molecule has 0 saturated carbocycles. The van der Waals surface area contributed by atoms with Crippen LogP contribution in [0.15, 0.2) is 46.8 Å². The van der Waals surface area contributed by atoms with Gasteiger partial charge in [0.1, 0.15) is 11.3 Å². The van der Waals surface area contributed by atoms with E-state index in [-0.39, 0.29) is 17.7 Å². The van der Waals surface area contributed by atoms with E-state index in [1.165, 1.54) is 5.56 Å². The zero-order valence-corrected chi connectivity index (χ0v) is 18.6. The van der Waals surface area contributed by atoms with Crippen molar-refractivity contribution in [3.63, 3.8) is 0 Å². The van der Waals surface area contributed by atoms with Crippen LogP contribution in [0.25, 0.3) is 6.20 Å². The Labute approximate surface area is 186 Å². The van der Waals surface area contributed by atoms with Crippen molar-refractivity contribution in [2.24, 2.45) is 10.9 Å². The molecule has 5 rings (SSSR count). The summed E-state index contributed by atoms with van der Waals surface area (Å²) in [6.07, 6.45) is 4.20. The van der Waals surface area contributed by atoms with Gasteiger partial charge in [0.25, 0.3) is 0 Å². The van der Waals surface area contributed by atoms with E-state index in [4.69, 9.17) is 0 Å². The molecule has 6 nitrogen and oxygen atoms in total. The van der Waals surface area contributed by atoms with E-state index in [0.717, 1.165) is 29.4 Å². The maximum atomic E-state index is 13.4. The highest BCUT2D eigenvalue weighted by molar-refractivity contribution is 7.07. The van der Waals surface area contributed by atoms with E-state index in [9.17, 15) is 9.90 Å². The third-order valence-corrected chi connectivity index (χ3v) is 7.78. The second-order valence-electron chi connectivity index (χ2n) is 9.02. The van der Waals surface area contributed by atoms with Crippen LogP contribution < -0.4 is 15.2 Å². The number of carbonyl (C=O) groups excluding carboxylic acids is 1. The van der Waals surface area contributed by atoms with Crippen molar-refractivity contribution in [3.8, 4) is 0 Å². The standard InChI is InChI=1S/C24H30N4O2S/c29-23(20-6-10-25-14-21(20)18-4-2-1-3-5-18)28-11-8-24(30,9-12-28)16-27-15-19-7-13-31-22(19)26-17-27/h1-5,7,13,15,20-21,25,30H,6,8-12,14,16-17H2/t20-,21+/m1/s1. The Morgan fingerprint density at radius 2 is 2.03 bits per heavy atom. The number of β-amino-alcohol motifs (C(OH)–C–C–N with tert-alkyl or cyclic N) is 1. The van der Waals surface area contributed by atoms with Crippen LogP contribution in [0.5, 0.6) is 0 Å². The monoisotopic (exact) mass is 438 g/mol. The van der Waals surface area contributed by atoms with Crippen LogP contribution >= 0.6 is 11.3 Å². The fourth-order valence-electron chi connectivity index (χ4n) is 5.14. The molecule has 2 saturated heterocycles. The number of rotatable bonds is 4. The highest BCUT2D eigenvalue weighted by atomic mass is 32.1. The molecular formula is C24H30N4O2S. The highest BCUT2D eigenvalue weighted by Crippen LogP contribution is 2.33. The second-order valence-corrected chi connectivity index (χ2v) is 9.92. The molecule has 0 radical (unpaired) electrons. The lowest BCUT2D eigenvalue weighted by Gasteiger charge is -2.43. The number of hydrogen-bond acceptors (Lipinski definition) is 6. The molecular weight excluding hydrogens is 408 g/mol. The van der Waals surface area contributed by atoms with E-state index in [2.05, 4.69) is 57.1 Å². The molecule has 0 unspecified atom stereocenters. The number of benzene rings is 1. The van der Waals surface area contributed by atoms with E-state index in [0.29, 0.717) is 39.1 Å². The topological polar surface area (TPSA) is 68.2 Å². The van der Waals surface area contributed by atoms with Gasteiger partial charge >= 0.3 is 0 Å². The first-order valence-electron chi connectivity index (χ1n) is 11.2. The predicted molar refractivity (Wildman–Crippen MR) is 122 cm³/mol. The number of nitrogens with one attached hydrogen (secondary N) is 1. The van der Waals surface area contributed by atoms with Crippen LogP contribution in [0.1, 0.15) is 30.7 Å². The fourth-order valence-corrected chi connectivity index (χ4v) is 5.88. The molecule has 1 aromatic heterocycles. The van der Waals surface area contributed by atoms with Gasteiger partial charge in [-0.25, -0.2) is 0 Å². The summed E-state index contributed by atoms with van der Waals surface area (Å²) >= 11 is 1.65. The predicted octanol–water partition coefficient (Wildman–Crippen LogP) is 1.13. The summed E-state index contributed by atoms with van der Waals surface area (Å²) in [4.78, 5) is 22.1. The largest absolute Gasteiger partial charge is 0.388 e. The third kappa shape index (κ3) is 4.40. The number of piperidine rings is 2. The molecule has 0 spiro atoms. The molecule has 7 heteroatoms. The Kier molecular flexibility index (Phi) is 5.82. The molecule has 164 valence electrons. The lowest BCUT2D eigenvalue weighted by atomic mass is 9.80. The molecule has 2 aromatic rings. The first-order chi connectivity index (χ1) is 15.1. The van der Waals surface area contributed by atoms with Crippen molar-refractivity contribution < 1.29 is 9.90 Å². The first-order valence-corrected chi connectivity index (χ1v) is 12.1. The molecule has 1 amide bonds. The van der Waals surface area contributed by atoms with E-state index in [1.807, 2.05) is 11.0 Å². The minimum absolute atomic E-state index is 0.0149. The Hall–Kier alpha value is -2.22. The molecule has 2 N–H and O–H groups in total. The molecule has 2 fully saturated rings. The van der Waals surface area contributed by atoms with E-state index >= 15 is 0 Å². The van der Waals surface area contributed by atoms with Crippen LogP contribution in [-0.2, 0) is 4.79 Å². The van der Waals surface area contributed by atoms with Gasteiger partial charge in [-0.15, -0.1) is 11.3 Å². The van der Waals surface area contributed by atoms with Gasteiger partial charge in [-0.2, -0.15) is 0 Å². The van der Waals surface area contributed by atoms with Gasteiger partial charge in [-0.3, -0.25) is 9.79 Å². The summed E-state index contributed by atoms with van der Waals surface area (Å²) in [6, 6.07) is 12.5. The van der Waals surface area contributed by atoms with Crippen molar-refractivity contribution in [1.82, 2.24) is 15.1 Å². The number of amides is 1. The quantitative estimate of drug-likeness (QED) is 0.751. The molecule has 3 aliphatic heterocycles. The Morgan fingerprint density at radius 1 is 1.23 bits per heavy atom. The summed E-state index contributed by atoms with van der Waals surface area (Å²) in [7, 11) is 0. The van der Waals surface area contributed by atoms with Crippen LogP contribution in [0.2, 0.25) is 0 Å². The summed E-state index contributed by atoms with van der Waals surface area (Å²) in [5.74, 6) is 0.480. The average molecular weight is 439 g/mol. The maximum absolute atomic E-state index is 13.4. The lowest BCUT2D eigenvalue weighted by molar-refractivity contribution is -0.141. The van der Waals surface area contributed by atoms with Crippen LogP contribution in [-0.4, -0.2) is 65.8 Å². The number of hydrogen-bond donors (Lipinski definition) is 2. The molecule has 4 heterocycles. The highest BCUT2D eigenvalue weighted by Gasteiger charge is 2.39. The zero-order chi connectivity index (χ0) is 21.3. The van der Waals surface area contributed by atoms with Crippen molar-refractivity contribution in [2.75, 3.05) is 39.4 Å². The smallest absolute Gasteiger partial charge is 0.226 e. The third-order valence-electron chi connectivity index (χ3n) is 6.92. The summed E-state index contributed by atoms with van der Waals surface area (Å²) < 4.78 is 1.07. The Balaban J connectivity index is 1.22. The van der Waals surface area contributed by atoms with Gasteiger partial charge in [-0.05, 0) is 42.8 Å². The minimum Gasteiger partial charge on any atom is -0.388 e. The summed E-state index contributed by atoms with van der Waals surface area (Å²) in [5, 5.41) is 17.9. The number of carbonyl (C=O) groups is 1. The van der Waals surface area contributed by atoms with Gasteiger partial charge in [-0.1, -0.05) is 30.3 Å². The van der Waals surface area contributed by atoms with Crippen LogP contribution in [0.3, 0.4) is 0 Å². The Morgan fingerprint density at radius 3 is 2.84 bits per heavy atom. The second kappa shape index (κ2) is 8.73. The maximum Gasteiger partial charge on any atom is 0.226 e. The van der Waals surface area contributed by atoms with Crippen molar-refractivity contribution >= 4 is 23.4 Å². The SMILES string of the molecule is O=C([C@@H]1CCNC[C@H]1c1ccccc1)N1CCC(O)(CN2C=c3ccsc3=NC2)CC1. The van der Waals surface area contributed by atoms with Crippen molar-refractivity contribution in [2.45, 2.75) is 30.8 Å². The molecule has 31 heavy (non-hydrogen) atoms. The zero-order valence-electron chi connectivity index (χ0n) is 17.7. The van der Waals surface area contributed by atoms with E-state index < -0.39 is 5.60 Å². The van der Waals surface area contributed by atoms with Crippen LogP contribution in [0, 0.1) is 5.92 Å². The number of thiophene rings is 1. The minimum atomic E-state index is -0.775. The number of likely N-dealkylation sites (tertiary alicyclic amines) is 1. The van der Waals surface area contributed by atoms with Crippen LogP contribution in [0.4, 0.5) is 0 Å². The number of aliphatic hydroxyl groups is 1. The van der Waals surface area contributed by atoms with Crippen molar-refractivity contribution in [3.05, 3.63) is 57.2 Å². The molecule has 0 aliphatic carbocycles. The van der Waals surface area contributed by atoms with Gasteiger partial charge < -0.3 is 20.2 Å². The van der Waals surface area contributed by atoms with Gasteiger partial charge in [0.05, 0.1) is 5.60 Å². The lowest BCUT2D eigenvalue weighted by Crippen LogP contribution is -2.54. The van der Waals surface area contributed by atoms with E-state index in [1.54, 1.807) is 11.3 Å². The molecule has 1 aromatic carbocycles. The number of fused-ring (bicyclic) bond motifs is 1. The Bertz CT molecular complexity index is 1030. The van der Waals surface area contributed by atoms with Gasteiger partial charge in [0, 0.05) is 49.4 Å². The average Bonchev–Trinajstić information content (AvgIpc) is 3.27. The summed E-state index contributed by atoms with van der Waals surface area (Å²) in [6.45, 7) is 4.12. The summed E-state index contributed by atoms with van der Waals surface area (Å²) in [5.41, 5.74) is 0.460.